The van der Waals surface area contributed by atoms with Crippen LogP contribution < -0.4 is 4.74 Å². The Kier molecular flexibility index (Phi) is 2.79. The van der Waals surface area contributed by atoms with Gasteiger partial charge in [0.15, 0.2) is 0 Å². The van der Waals surface area contributed by atoms with Gasteiger partial charge in [-0.25, -0.2) is 0 Å². The Morgan fingerprint density at radius 2 is 1.85 bits per heavy atom. The number of epoxide rings is 1. The van der Waals surface area contributed by atoms with Gasteiger partial charge >= 0.3 is 0 Å². The standard InChI is InChI=1S/C17H13ClO2/c18-13-6-5-12-7-11-3-1-2-4-15(11)17(16(12)8-13)20-10-14-9-19-14/h1-8,14H,9-10H2. The first-order valence-electron chi connectivity index (χ1n) is 6.67. The number of benzene rings is 3. The molecule has 0 radical (unpaired) electrons. The SMILES string of the molecule is Clc1ccc2cc3ccccc3c(OCC3CO3)c2c1. The van der Waals surface area contributed by atoms with Gasteiger partial charge in [0.25, 0.3) is 0 Å². The quantitative estimate of drug-likeness (QED) is 0.524. The lowest BCUT2D eigenvalue weighted by Gasteiger charge is -2.12. The molecule has 1 unspecified atom stereocenters. The van der Waals surface area contributed by atoms with E-state index in [4.69, 9.17) is 21.1 Å². The van der Waals surface area contributed by atoms with E-state index in [1.54, 1.807) is 0 Å². The Labute approximate surface area is 121 Å². The molecule has 0 saturated carbocycles. The Hall–Kier alpha value is -1.77. The molecule has 1 aliphatic heterocycles. The molecule has 3 aromatic carbocycles. The van der Waals surface area contributed by atoms with Crippen LogP contribution in [0.2, 0.25) is 5.02 Å². The van der Waals surface area contributed by atoms with Crippen molar-refractivity contribution in [1.82, 2.24) is 0 Å². The molecule has 100 valence electrons. The van der Waals surface area contributed by atoms with Gasteiger partial charge in [-0.2, -0.15) is 0 Å². The second-order valence-electron chi connectivity index (χ2n) is 5.06. The Morgan fingerprint density at radius 3 is 2.70 bits per heavy atom. The lowest BCUT2D eigenvalue weighted by Crippen LogP contribution is -2.04. The molecule has 0 amide bonds. The van der Waals surface area contributed by atoms with Gasteiger partial charge < -0.3 is 9.47 Å². The van der Waals surface area contributed by atoms with E-state index in [1.807, 2.05) is 30.3 Å². The fourth-order valence-electron chi connectivity index (χ4n) is 2.49. The summed E-state index contributed by atoms with van der Waals surface area (Å²) in [6.45, 7) is 1.39. The van der Waals surface area contributed by atoms with Crippen LogP contribution in [0.25, 0.3) is 21.5 Å². The number of rotatable bonds is 3. The van der Waals surface area contributed by atoms with E-state index >= 15 is 0 Å². The topological polar surface area (TPSA) is 21.8 Å². The van der Waals surface area contributed by atoms with Crippen molar-refractivity contribution in [3.63, 3.8) is 0 Å². The minimum atomic E-state index is 0.239. The predicted octanol–water partition coefficient (Wildman–Crippen LogP) is 4.42. The van der Waals surface area contributed by atoms with Crippen LogP contribution in [-0.4, -0.2) is 19.3 Å². The molecule has 0 aromatic heterocycles. The van der Waals surface area contributed by atoms with Gasteiger partial charge in [-0.15, -0.1) is 0 Å². The smallest absolute Gasteiger partial charge is 0.135 e. The van der Waals surface area contributed by atoms with E-state index in [-0.39, 0.29) is 6.10 Å². The monoisotopic (exact) mass is 284 g/mol. The fraction of sp³-hybridized carbons (Fsp3) is 0.176. The Balaban J connectivity index is 1.97. The highest BCUT2D eigenvalue weighted by molar-refractivity contribution is 6.31. The lowest BCUT2D eigenvalue weighted by molar-refractivity contribution is 0.267. The summed E-state index contributed by atoms with van der Waals surface area (Å²) < 4.78 is 11.3. The third-order valence-corrected chi connectivity index (χ3v) is 3.83. The molecule has 3 aromatic rings. The third-order valence-electron chi connectivity index (χ3n) is 3.59. The Bertz CT molecular complexity index is 793. The second-order valence-corrected chi connectivity index (χ2v) is 5.50. The zero-order valence-electron chi connectivity index (χ0n) is 10.8. The minimum absolute atomic E-state index is 0.239. The van der Waals surface area contributed by atoms with Crippen molar-refractivity contribution in [3.8, 4) is 5.75 Å². The molecule has 20 heavy (non-hydrogen) atoms. The summed E-state index contributed by atoms with van der Waals surface area (Å²) in [5.74, 6) is 0.899. The van der Waals surface area contributed by atoms with Crippen molar-refractivity contribution in [2.75, 3.05) is 13.2 Å². The van der Waals surface area contributed by atoms with Crippen LogP contribution in [0.1, 0.15) is 0 Å². The third kappa shape index (κ3) is 2.11. The second kappa shape index (κ2) is 4.65. The lowest BCUT2D eigenvalue weighted by atomic mass is 10.0. The van der Waals surface area contributed by atoms with Crippen molar-refractivity contribution >= 4 is 33.1 Å². The van der Waals surface area contributed by atoms with Crippen molar-refractivity contribution < 1.29 is 9.47 Å². The van der Waals surface area contributed by atoms with Crippen molar-refractivity contribution in [3.05, 3.63) is 53.6 Å². The van der Waals surface area contributed by atoms with Gasteiger partial charge in [0.1, 0.15) is 18.5 Å². The van der Waals surface area contributed by atoms with E-state index in [1.165, 1.54) is 5.39 Å². The molecule has 1 aliphatic rings. The number of halogens is 1. The summed E-state index contributed by atoms with van der Waals surface area (Å²) in [6, 6.07) is 16.3. The van der Waals surface area contributed by atoms with E-state index in [0.29, 0.717) is 6.61 Å². The molecule has 0 spiro atoms. The highest BCUT2D eigenvalue weighted by Gasteiger charge is 2.24. The molecule has 2 nitrogen and oxygen atoms in total. The summed E-state index contributed by atoms with van der Waals surface area (Å²) in [7, 11) is 0. The zero-order valence-corrected chi connectivity index (χ0v) is 11.6. The molecule has 1 fully saturated rings. The highest BCUT2D eigenvalue weighted by atomic mass is 35.5. The molecule has 4 rings (SSSR count). The van der Waals surface area contributed by atoms with Crippen molar-refractivity contribution in [2.45, 2.75) is 6.10 Å². The summed E-state index contributed by atoms with van der Waals surface area (Å²) >= 11 is 6.14. The molecule has 3 heteroatoms. The van der Waals surface area contributed by atoms with Gasteiger partial charge in [-0.05, 0) is 29.0 Å². The number of fused-ring (bicyclic) bond motifs is 2. The fourth-order valence-corrected chi connectivity index (χ4v) is 2.66. The first kappa shape index (κ1) is 12.0. The summed E-state index contributed by atoms with van der Waals surface area (Å²) in [5.41, 5.74) is 0. The average molecular weight is 285 g/mol. The number of hydrogen-bond acceptors (Lipinski definition) is 2. The maximum absolute atomic E-state index is 6.14. The van der Waals surface area contributed by atoms with Crippen LogP contribution in [0.15, 0.2) is 48.5 Å². The van der Waals surface area contributed by atoms with E-state index in [9.17, 15) is 0 Å². The first-order valence-corrected chi connectivity index (χ1v) is 7.04. The molecule has 1 saturated heterocycles. The van der Waals surface area contributed by atoms with Crippen LogP contribution in [0.5, 0.6) is 5.75 Å². The molecular formula is C17H13ClO2. The van der Waals surface area contributed by atoms with Crippen LogP contribution in [-0.2, 0) is 4.74 Å². The number of ether oxygens (including phenoxy) is 2. The largest absolute Gasteiger partial charge is 0.489 e. The van der Waals surface area contributed by atoms with E-state index in [0.717, 1.165) is 33.5 Å². The van der Waals surface area contributed by atoms with E-state index < -0.39 is 0 Å². The molecule has 0 aliphatic carbocycles. The normalized spacial score (nSPS) is 17.6. The van der Waals surface area contributed by atoms with E-state index in [2.05, 4.69) is 18.2 Å². The van der Waals surface area contributed by atoms with Crippen LogP contribution in [0, 0.1) is 0 Å². The molecular weight excluding hydrogens is 272 g/mol. The van der Waals surface area contributed by atoms with Crippen LogP contribution in [0.3, 0.4) is 0 Å². The van der Waals surface area contributed by atoms with Gasteiger partial charge in [-0.1, -0.05) is 41.9 Å². The first-order chi connectivity index (χ1) is 9.81. The predicted molar refractivity (Wildman–Crippen MR) is 81.7 cm³/mol. The van der Waals surface area contributed by atoms with Gasteiger partial charge in [0.05, 0.1) is 6.61 Å². The molecule has 0 bridgehead atoms. The van der Waals surface area contributed by atoms with Crippen LogP contribution in [0.4, 0.5) is 0 Å². The molecule has 0 N–H and O–H groups in total. The number of hydrogen-bond donors (Lipinski definition) is 0. The summed E-state index contributed by atoms with van der Waals surface area (Å²) in [4.78, 5) is 0. The average Bonchev–Trinajstić information content (AvgIpc) is 3.28. The zero-order chi connectivity index (χ0) is 13.5. The molecule has 1 atom stereocenters. The molecule has 1 heterocycles. The van der Waals surface area contributed by atoms with Crippen molar-refractivity contribution in [2.24, 2.45) is 0 Å². The van der Waals surface area contributed by atoms with Crippen molar-refractivity contribution in [1.29, 1.82) is 0 Å². The highest BCUT2D eigenvalue weighted by Crippen LogP contribution is 2.36. The van der Waals surface area contributed by atoms with Crippen LogP contribution >= 0.6 is 11.6 Å². The van der Waals surface area contributed by atoms with Gasteiger partial charge in [-0.3, -0.25) is 0 Å². The Morgan fingerprint density at radius 1 is 1.05 bits per heavy atom. The maximum atomic E-state index is 6.14. The summed E-state index contributed by atoms with van der Waals surface area (Å²) in [6.07, 6.45) is 0.239. The summed E-state index contributed by atoms with van der Waals surface area (Å²) in [5, 5.41) is 5.20. The van der Waals surface area contributed by atoms with Gasteiger partial charge in [0, 0.05) is 15.8 Å². The van der Waals surface area contributed by atoms with Gasteiger partial charge in [0.2, 0.25) is 0 Å². The maximum Gasteiger partial charge on any atom is 0.135 e. The minimum Gasteiger partial charge on any atom is -0.489 e.